The monoisotopic (exact) mass is 329 g/mol. The molecule has 1 atom stereocenters. The van der Waals surface area contributed by atoms with Gasteiger partial charge in [0.2, 0.25) is 0 Å². The fourth-order valence-corrected chi connectivity index (χ4v) is 2.50. The lowest BCUT2D eigenvalue weighted by molar-refractivity contribution is 0.0912. The lowest BCUT2D eigenvalue weighted by Gasteiger charge is -2.11. The van der Waals surface area contributed by atoms with E-state index in [4.69, 9.17) is 11.6 Å². The second kappa shape index (κ2) is 6.40. The van der Waals surface area contributed by atoms with E-state index in [9.17, 15) is 9.90 Å². The number of pyridine rings is 1. The normalized spacial score (nSPS) is 12.3. The van der Waals surface area contributed by atoms with Gasteiger partial charge in [-0.05, 0) is 42.3 Å². The molecule has 5 nitrogen and oxygen atoms in total. The van der Waals surface area contributed by atoms with Gasteiger partial charge in [-0.1, -0.05) is 23.7 Å². The van der Waals surface area contributed by atoms with E-state index < -0.39 is 6.10 Å². The molecule has 2 N–H and O–H groups in total. The summed E-state index contributed by atoms with van der Waals surface area (Å²) in [6.45, 7) is 2.06. The number of imidazole rings is 1. The molecule has 23 heavy (non-hydrogen) atoms. The Kier molecular flexibility index (Phi) is 4.32. The Balaban J connectivity index is 1.68. The third-order valence-electron chi connectivity index (χ3n) is 3.54. The number of aliphatic hydroxyl groups excluding tert-OH is 1. The van der Waals surface area contributed by atoms with E-state index in [1.807, 2.05) is 25.3 Å². The van der Waals surface area contributed by atoms with Crippen molar-refractivity contribution in [3.63, 3.8) is 0 Å². The zero-order valence-electron chi connectivity index (χ0n) is 12.5. The first-order valence-corrected chi connectivity index (χ1v) is 7.58. The summed E-state index contributed by atoms with van der Waals surface area (Å²) in [5, 5.41) is 13.3. The fraction of sp³-hybridized carbons (Fsp3) is 0.176. The zero-order valence-corrected chi connectivity index (χ0v) is 13.3. The molecule has 0 spiro atoms. The van der Waals surface area contributed by atoms with Gasteiger partial charge in [-0.15, -0.1) is 0 Å². The summed E-state index contributed by atoms with van der Waals surface area (Å²) in [6, 6.07) is 10.8. The number of carbonyl (C=O) groups is 1. The summed E-state index contributed by atoms with van der Waals surface area (Å²) < 4.78 is 1.79. The van der Waals surface area contributed by atoms with E-state index in [2.05, 4.69) is 10.3 Å². The third-order valence-corrected chi connectivity index (χ3v) is 3.77. The molecule has 0 aliphatic carbocycles. The SMILES string of the molecule is Cc1ccn2cc(C(=O)NCC(O)c3cccc(Cl)c3)nc2c1. The minimum atomic E-state index is -0.822. The molecular weight excluding hydrogens is 314 g/mol. The molecule has 1 unspecified atom stereocenters. The highest BCUT2D eigenvalue weighted by molar-refractivity contribution is 6.30. The average Bonchev–Trinajstić information content (AvgIpc) is 2.95. The minimum absolute atomic E-state index is 0.0894. The van der Waals surface area contributed by atoms with Gasteiger partial charge < -0.3 is 14.8 Å². The van der Waals surface area contributed by atoms with E-state index in [1.165, 1.54) is 0 Å². The van der Waals surface area contributed by atoms with Crippen molar-refractivity contribution in [2.24, 2.45) is 0 Å². The number of rotatable bonds is 4. The van der Waals surface area contributed by atoms with Crippen LogP contribution in [0.5, 0.6) is 0 Å². The summed E-state index contributed by atoms with van der Waals surface area (Å²) in [5.74, 6) is -0.326. The van der Waals surface area contributed by atoms with Crippen LogP contribution in [0.2, 0.25) is 5.02 Å². The quantitative estimate of drug-likeness (QED) is 0.773. The van der Waals surface area contributed by atoms with Crippen molar-refractivity contribution < 1.29 is 9.90 Å². The largest absolute Gasteiger partial charge is 0.387 e. The summed E-state index contributed by atoms with van der Waals surface area (Å²) >= 11 is 5.89. The predicted octanol–water partition coefficient (Wildman–Crippen LogP) is 2.76. The van der Waals surface area contributed by atoms with Crippen molar-refractivity contribution in [3.05, 3.63) is 70.6 Å². The van der Waals surface area contributed by atoms with Crippen LogP contribution < -0.4 is 5.32 Å². The number of nitrogens with zero attached hydrogens (tertiary/aromatic N) is 2. The Bertz CT molecular complexity index is 860. The van der Waals surface area contributed by atoms with E-state index >= 15 is 0 Å². The number of hydrogen-bond acceptors (Lipinski definition) is 3. The van der Waals surface area contributed by atoms with E-state index in [1.54, 1.807) is 34.9 Å². The number of amides is 1. The van der Waals surface area contributed by atoms with Crippen molar-refractivity contribution >= 4 is 23.2 Å². The van der Waals surface area contributed by atoms with Gasteiger partial charge in [-0.3, -0.25) is 4.79 Å². The molecule has 118 valence electrons. The topological polar surface area (TPSA) is 66.6 Å². The standard InChI is InChI=1S/C17H16ClN3O2/c1-11-5-6-21-10-14(20-16(21)7-11)17(23)19-9-15(22)12-3-2-4-13(18)8-12/h2-8,10,15,22H,9H2,1H3,(H,19,23). The third kappa shape index (κ3) is 3.52. The van der Waals surface area contributed by atoms with E-state index in [-0.39, 0.29) is 12.5 Å². The molecule has 0 aliphatic heterocycles. The Morgan fingerprint density at radius 1 is 1.39 bits per heavy atom. The van der Waals surface area contributed by atoms with Gasteiger partial charge in [0, 0.05) is 24.0 Å². The number of aromatic nitrogens is 2. The van der Waals surface area contributed by atoms with Crippen LogP contribution in [0, 0.1) is 6.92 Å². The number of nitrogens with one attached hydrogen (secondary N) is 1. The molecule has 1 amide bonds. The van der Waals surface area contributed by atoms with Gasteiger partial charge >= 0.3 is 0 Å². The van der Waals surface area contributed by atoms with Crippen LogP contribution in [0.3, 0.4) is 0 Å². The van der Waals surface area contributed by atoms with Crippen molar-refractivity contribution in [1.29, 1.82) is 0 Å². The highest BCUT2D eigenvalue weighted by Gasteiger charge is 2.14. The first-order valence-electron chi connectivity index (χ1n) is 7.20. The van der Waals surface area contributed by atoms with Crippen LogP contribution in [0.1, 0.15) is 27.7 Å². The second-order valence-corrected chi connectivity index (χ2v) is 5.81. The molecule has 0 fully saturated rings. The molecule has 0 saturated heterocycles. The first kappa shape index (κ1) is 15.5. The van der Waals surface area contributed by atoms with Crippen molar-refractivity contribution in [3.8, 4) is 0 Å². The van der Waals surface area contributed by atoms with Gasteiger partial charge in [-0.25, -0.2) is 4.98 Å². The van der Waals surface area contributed by atoms with Gasteiger partial charge in [0.25, 0.3) is 5.91 Å². The van der Waals surface area contributed by atoms with Crippen LogP contribution in [0.25, 0.3) is 5.65 Å². The van der Waals surface area contributed by atoms with Crippen LogP contribution in [0.4, 0.5) is 0 Å². The van der Waals surface area contributed by atoms with Gasteiger partial charge in [0.05, 0.1) is 6.10 Å². The number of benzene rings is 1. The molecule has 0 radical (unpaired) electrons. The molecule has 3 rings (SSSR count). The van der Waals surface area contributed by atoms with Crippen LogP contribution in [0.15, 0.2) is 48.8 Å². The predicted molar refractivity (Wildman–Crippen MR) is 88.7 cm³/mol. The van der Waals surface area contributed by atoms with Crippen molar-refractivity contribution in [2.75, 3.05) is 6.54 Å². The second-order valence-electron chi connectivity index (χ2n) is 5.38. The number of hydrogen-bond donors (Lipinski definition) is 2. The molecule has 0 aliphatic rings. The minimum Gasteiger partial charge on any atom is -0.387 e. The zero-order chi connectivity index (χ0) is 16.4. The Morgan fingerprint density at radius 2 is 2.22 bits per heavy atom. The maximum absolute atomic E-state index is 12.2. The smallest absolute Gasteiger partial charge is 0.271 e. The Hall–Kier alpha value is -2.37. The molecule has 6 heteroatoms. The lowest BCUT2D eigenvalue weighted by Crippen LogP contribution is -2.28. The molecule has 2 aromatic heterocycles. The van der Waals surface area contributed by atoms with Gasteiger partial charge in [0.15, 0.2) is 0 Å². The molecule has 2 heterocycles. The van der Waals surface area contributed by atoms with Gasteiger partial charge in [0.1, 0.15) is 11.3 Å². The average molecular weight is 330 g/mol. The Morgan fingerprint density at radius 3 is 3.00 bits per heavy atom. The highest BCUT2D eigenvalue weighted by Crippen LogP contribution is 2.17. The number of fused-ring (bicyclic) bond motifs is 1. The number of aryl methyl sites for hydroxylation is 1. The summed E-state index contributed by atoms with van der Waals surface area (Å²) in [6.07, 6.45) is 2.70. The summed E-state index contributed by atoms with van der Waals surface area (Å²) in [5.41, 5.74) is 2.76. The highest BCUT2D eigenvalue weighted by atomic mass is 35.5. The van der Waals surface area contributed by atoms with Crippen LogP contribution in [-0.4, -0.2) is 26.9 Å². The Labute approximate surface area is 138 Å². The first-order chi connectivity index (χ1) is 11.0. The lowest BCUT2D eigenvalue weighted by atomic mass is 10.1. The molecule has 0 bridgehead atoms. The van der Waals surface area contributed by atoms with E-state index in [0.29, 0.717) is 21.9 Å². The molecule has 3 aromatic rings. The molecule has 1 aromatic carbocycles. The van der Waals surface area contributed by atoms with Crippen LogP contribution in [-0.2, 0) is 0 Å². The van der Waals surface area contributed by atoms with Crippen LogP contribution >= 0.6 is 11.6 Å². The summed E-state index contributed by atoms with van der Waals surface area (Å²) in [7, 11) is 0. The molecule has 0 saturated carbocycles. The molecular formula is C17H16ClN3O2. The summed E-state index contributed by atoms with van der Waals surface area (Å²) in [4.78, 5) is 16.5. The fourth-order valence-electron chi connectivity index (χ4n) is 2.30. The number of aliphatic hydroxyl groups is 1. The van der Waals surface area contributed by atoms with Crippen molar-refractivity contribution in [2.45, 2.75) is 13.0 Å². The number of halogens is 1. The van der Waals surface area contributed by atoms with E-state index in [0.717, 1.165) is 5.56 Å². The van der Waals surface area contributed by atoms with Crippen molar-refractivity contribution in [1.82, 2.24) is 14.7 Å². The van der Waals surface area contributed by atoms with Gasteiger partial charge in [-0.2, -0.15) is 0 Å². The maximum atomic E-state index is 12.2. The maximum Gasteiger partial charge on any atom is 0.271 e. The number of carbonyl (C=O) groups excluding carboxylic acids is 1.